The summed E-state index contributed by atoms with van der Waals surface area (Å²) in [7, 11) is 1.53. The second-order valence-electron chi connectivity index (χ2n) is 6.17. The largest absolute Gasteiger partial charge is 0.341 e. The fourth-order valence-corrected chi connectivity index (χ4v) is 2.39. The number of aryl methyl sites for hydroxylation is 1. The lowest BCUT2D eigenvalue weighted by atomic mass is 10.2. The Morgan fingerprint density at radius 2 is 1.62 bits per heavy atom. The smallest absolute Gasteiger partial charge is 0.251 e. The third-order valence-electron chi connectivity index (χ3n) is 3.85. The Morgan fingerprint density at radius 1 is 1.00 bits per heavy atom. The highest BCUT2D eigenvalue weighted by molar-refractivity contribution is 5.99. The van der Waals surface area contributed by atoms with E-state index in [4.69, 9.17) is 0 Å². The molecule has 2 N–H and O–H groups in total. The number of nitrogens with zero attached hydrogens (tertiary/aromatic N) is 1. The van der Waals surface area contributed by atoms with Crippen molar-refractivity contribution >= 4 is 23.4 Å². The first-order valence-electron chi connectivity index (χ1n) is 8.34. The first-order chi connectivity index (χ1) is 12.4. The van der Waals surface area contributed by atoms with Crippen molar-refractivity contribution in [2.24, 2.45) is 0 Å². The first-order valence-corrected chi connectivity index (χ1v) is 8.34. The number of carbonyl (C=O) groups excluding carboxylic acids is 3. The molecule has 0 spiro atoms. The maximum atomic E-state index is 12.4. The maximum Gasteiger partial charge on any atom is 0.251 e. The quantitative estimate of drug-likeness (QED) is 0.836. The van der Waals surface area contributed by atoms with E-state index in [-0.39, 0.29) is 24.3 Å². The summed E-state index contributed by atoms with van der Waals surface area (Å²) in [6, 6.07) is 15.3. The average Bonchev–Trinajstić information content (AvgIpc) is 2.63. The summed E-state index contributed by atoms with van der Waals surface area (Å²) in [4.78, 5) is 37.9. The van der Waals surface area contributed by atoms with Crippen LogP contribution in [0.5, 0.6) is 0 Å². The lowest BCUT2D eigenvalue weighted by Crippen LogP contribution is -2.47. The lowest BCUT2D eigenvalue weighted by molar-refractivity contribution is -0.134. The SMILES string of the molecule is Cc1ccc(NC(=O)CN(C)C(=O)C(C)NC(=O)c2ccccc2)cc1. The van der Waals surface area contributed by atoms with Crippen molar-refractivity contribution in [3.8, 4) is 0 Å². The predicted molar refractivity (Wildman–Crippen MR) is 101 cm³/mol. The van der Waals surface area contributed by atoms with E-state index in [9.17, 15) is 14.4 Å². The van der Waals surface area contributed by atoms with Crippen molar-refractivity contribution in [3.63, 3.8) is 0 Å². The molecule has 0 aliphatic heterocycles. The number of hydrogen-bond acceptors (Lipinski definition) is 3. The summed E-state index contributed by atoms with van der Waals surface area (Å²) < 4.78 is 0. The fourth-order valence-electron chi connectivity index (χ4n) is 2.39. The van der Waals surface area contributed by atoms with Gasteiger partial charge >= 0.3 is 0 Å². The summed E-state index contributed by atoms with van der Waals surface area (Å²) in [5, 5.41) is 5.38. The van der Waals surface area contributed by atoms with Crippen molar-refractivity contribution in [1.82, 2.24) is 10.2 Å². The van der Waals surface area contributed by atoms with Gasteiger partial charge in [-0.25, -0.2) is 0 Å². The molecule has 2 rings (SSSR count). The Hall–Kier alpha value is -3.15. The van der Waals surface area contributed by atoms with Crippen molar-refractivity contribution in [1.29, 1.82) is 0 Å². The van der Waals surface area contributed by atoms with Crippen LogP contribution in [-0.4, -0.2) is 42.3 Å². The second-order valence-corrected chi connectivity index (χ2v) is 6.17. The Kier molecular flexibility index (Phi) is 6.49. The lowest BCUT2D eigenvalue weighted by Gasteiger charge is -2.21. The van der Waals surface area contributed by atoms with Gasteiger partial charge in [-0.2, -0.15) is 0 Å². The molecule has 0 fully saturated rings. The zero-order valence-electron chi connectivity index (χ0n) is 15.2. The number of amides is 3. The van der Waals surface area contributed by atoms with Crippen LogP contribution in [0.4, 0.5) is 5.69 Å². The second kappa shape index (κ2) is 8.80. The van der Waals surface area contributed by atoms with Crippen molar-refractivity contribution in [3.05, 3.63) is 65.7 Å². The van der Waals surface area contributed by atoms with Gasteiger partial charge < -0.3 is 15.5 Å². The molecule has 6 heteroatoms. The molecule has 136 valence electrons. The molecule has 0 saturated heterocycles. The summed E-state index contributed by atoms with van der Waals surface area (Å²) in [6.07, 6.45) is 0. The highest BCUT2D eigenvalue weighted by Gasteiger charge is 2.21. The first kappa shape index (κ1) is 19.2. The van der Waals surface area contributed by atoms with E-state index in [0.29, 0.717) is 11.3 Å². The fraction of sp³-hybridized carbons (Fsp3) is 0.250. The minimum Gasteiger partial charge on any atom is -0.341 e. The molecule has 0 heterocycles. The third-order valence-corrected chi connectivity index (χ3v) is 3.85. The van der Waals surface area contributed by atoms with Gasteiger partial charge in [0, 0.05) is 18.3 Å². The molecule has 0 bridgehead atoms. The Morgan fingerprint density at radius 3 is 2.23 bits per heavy atom. The van der Waals surface area contributed by atoms with Gasteiger partial charge in [0.2, 0.25) is 11.8 Å². The van der Waals surface area contributed by atoms with Gasteiger partial charge in [-0.15, -0.1) is 0 Å². The third kappa shape index (κ3) is 5.44. The zero-order valence-corrected chi connectivity index (χ0v) is 15.2. The number of anilines is 1. The van der Waals surface area contributed by atoms with Gasteiger partial charge in [-0.05, 0) is 38.1 Å². The van der Waals surface area contributed by atoms with Crippen molar-refractivity contribution < 1.29 is 14.4 Å². The van der Waals surface area contributed by atoms with E-state index in [0.717, 1.165) is 5.56 Å². The molecule has 0 radical (unpaired) electrons. The molecule has 1 atom stereocenters. The molecule has 2 aromatic carbocycles. The Bertz CT molecular complexity index is 773. The van der Waals surface area contributed by atoms with Crippen molar-refractivity contribution in [2.45, 2.75) is 19.9 Å². The van der Waals surface area contributed by atoms with E-state index >= 15 is 0 Å². The zero-order chi connectivity index (χ0) is 19.1. The van der Waals surface area contributed by atoms with E-state index in [1.165, 1.54) is 11.9 Å². The van der Waals surface area contributed by atoms with E-state index in [1.807, 2.05) is 25.1 Å². The molecule has 0 aliphatic carbocycles. The highest BCUT2D eigenvalue weighted by Crippen LogP contribution is 2.08. The average molecular weight is 353 g/mol. The van der Waals surface area contributed by atoms with E-state index < -0.39 is 6.04 Å². The number of rotatable bonds is 6. The molecule has 6 nitrogen and oxygen atoms in total. The highest BCUT2D eigenvalue weighted by atomic mass is 16.2. The van der Waals surface area contributed by atoms with Crippen LogP contribution in [0, 0.1) is 6.92 Å². The molecule has 2 aromatic rings. The molecule has 0 aliphatic rings. The normalized spacial score (nSPS) is 11.3. The monoisotopic (exact) mass is 353 g/mol. The molecule has 0 aromatic heterocycles. The van der Waals surface area contributed by atoms with Gasteiger partial charge in [0.05, 0.1) is 6.54 Å². The van der Waals surface area contributed by atoms with Gasteiger partial charge in [0.25, 0.3) is 5.91 Å². The number of benzene rings is 2. The van der Waals surface area contributed by atoms with Crippen molar-refractivity contribution in [2.75, 3.05) is 18.9 Å². The van der Waals surface area contributed by atoms with Gasteiger partial charge in [0.15, 0.2) is 0 Å². The topological polar surface area (TPSA) is 78.5 Å². The number of likely N-dealkylation sites (N-methyl/N-ethyl adjacent to an activating group) is 1. The number of nitrogens with one attached hydrogen (secondary N) is 2. The summed E-state index contributed by atoms with van der Waals surface area (Å²) in [6.45, 7) is 3.46. The van der Waals surface area contributed by atoms with Crippen LogP contribution in [0.2, 0.25) is 0 Å². The number of carbonyl (C=O) groups is 3. The van der Waals surface area contributed by atoms with Crippen LogP contribution in [0.25, 0.3) is 0 Å². The van der Waals surface area contributed by atoms with Gasteiger partial charge in [0.1, 0.15) is 6.04 Å². The molecule has 3 amide bonds. The number of hydrogen-bond donors (Lipinski definition) is 2. The molecule has 0 saturated carbocycles. The predicted octanol–water partition coefficient (Wildman–Crippen LogP) is 2.21. The molecule has 1 unspecified atom stereocenters. The van der Waals surface area contributed by atoms with Crippen LogP contribution in [0.3, 0.4) is 0 Å². The Balaban J connectivity index is 1.86. The minimum atomic E-state index is -0.736. The maximum absolute atomic E-state index is 12.4. The van der Waals surface area contributed by atoms with E-state index in [1.54, 1.807) is 43.3 Å². The molecule has 26 heavy (non-hydrogen) atoms. The van der Waals surface area contributed by atoms with Crippen LogP contribution in [0.15, 0.2) is 54.6 Å². The van der Waals surface area contributed by atoms with Crippen LogP contribution >= 0.6 is 0 Å². The Labute approximate surface area is 153 Å². The van der Waals surface area contributed by atoms with Gasteiger partial charge in [-0.1, -0.05) is 35.9 Å². The van der Waals surface area contributed by atoms with E-state index in [2.05, 4.69) is 10.6 Å². The summed E-state index contributed by atoms with van der Waals surface area (Å²) in [5.74, 6) is -0.969. The summed E-state index contributed by atoms with van der Waals surface area (Å²) in [5.41, 5.74) is 2.25. The van der Waals surface area contributed by atoms with Gasteiger partial charge in [-0.3, -0.25) is 14.4 Å². The van der Waals surface area contributed by atoms with Crippen LogP contribution in [0.1, 0.15) is 22.8 Å². The van der Waals surface area contributed by atoms with Crippen LogP contribution < -0.4 is 10.6 Å². The molecular formula is C20H23N3O3. The summed E-state index contributed by atoms with van der Waals surface area (Å²) >= 11 is 0. The molecular weight excluding hydrogens is 330 g/mol. The standard InChI is InChI=1S/C20H23N3O3/c1-14-9-11-17(12-10-14)22-18(24)13-23(3)20(26)15(2)21-19(25)16-7-5-4-6-8-16/h4-12,15H,13H2,1-3H3,(H,21,25)(H,22,24). The minimum absolute atomic E-state index is 0.0990. The van der Waals surface area contributed by atoms with Crippen LogP contribution in [-0.2, 0) is 9.59 Å².